The second-order valence-electron chi connectivity index (χ2n) is 4.33. The summed E-state index contributed by atoms with van der Waals surface area (Å²) >= 11 is 7.26. The van der Waals surface area contributed by atoms with Gasteiger partial charge in [-0.15, -0.1) is 22.9 Å². The van der Waals surface area contributed by atoms with Crippen LogP contribution in [0.15, 0.2) is 11.6 Å². The summed E-state index contributed by atoms with van der Waals surface area (Å²) in [4.78, 5) is 20.4. The lowest BCUT2D eigenvalue weighted by molar-refractivity contribution is -0.131. The number of anilines is 1. The molecule has 2 rings (SSSR count). The number of piperazine rings is 1. The largest absolute Gasteiger partial charge is 0.345 e. The number of hydrogen-bond donors (Lipinski definition) is 0. The lowest BCUT2D eigenvalue weighted by atomic mass is 10.2. The zero-order chi connectivity index (χ0) is 12.8. The van der Waals surface area contributed by atoms with Gasteiger partial charge in [0.2, 0.25) is 5.91 Å². The summed E-state index contributed by atoms with van der Waals surface area (Å²) in [7, 11) is 0. The topological polar surface area (TPSA) is 36.4 Å². The van der Waals surface area contributed by atoms with E-state index in [9.17, 15) is 4.79 Å². The maximum absolute atomic E-state index is 11.9. The van der Waals surface area contributed by atoms with Crippen LogP contribution >= 0.6 is 22.9 Å². The first kappa shape index (κ1) is 13.6. The van der Waals surface area contributed by atoms with Crippen LogP contribution in [0.3, 0.4) is 0 Å². The van der Waals surface area contributed by atoms with E-state index in [1.54, 1.807) is 11.3 Å². The second kappa shape index (κ2) is 6.95. The van der Waals surface area contributed by atoms with Gasteiger partial charge in [-0.1, -0.05) is 0 Å². The van der Waals surface area contributed by atoms with Crippen LogP contribution < -0.4 is 4.90 Å². The molecule has 0 unspecified atom stereocenters. The summed E-state index contributed by atoms with van der Waals surface area (Å²) in [6, 6.07) is 0. The van der Waals surface area contributed by atoms with Gasteiger partial charge in [0.25, 0.3) is 0 Å². The zero-order valence-electron chi connectivity index (χ0n) is 10.3. The Kier molecular flexibility index (Phi) is 5.26. The highest BCUT2D eigenvalue weighted by molar-refractivity contribution is 7.13. The number of amides is 1. The number of alkyl halides is 1. The SMILES string of the molecule is O=C(CCCCCl)N1CCN(c2nccs2)CC1. The van der Waals surface area contributed by atoms with Gasteiger partial charge in [-0.3, -0.25) is 4.79 Å². The van der Waals surface area contributed by atoms with Crippen molar-refractivity contribution < 1.29 is 4.79 Å². The van der Waals surface area contributed by atoms with Crippen molar-refractivity contribution in [3.63, 3.8) is 0 Å². The van der Waals surface area contributed by atoms with Gasteiger partial charge in [-0.05, 0) is 12.8 Å². The monoisotopic (exact) mass is 287 g/mol. The summed E-state index contributed by atoms with van der Waals surface area (Å²) in [6.45, 7) is 3.38. The molecule has 0 aliphatic carbocycles. The highest BCUT2D eigenvalue weighted by Gasteiger charge is 2.21. The van der Waals surface area contributed by atoms with Gasteiger partial charge < -0.3 is 9.80 Å². The molecule has 18 heavy (non-hydrogen) atoms. The average Bonchev–Trinajstić information content (AvgIpc) is 2.93. The standard InChI is InChI=1S/C12H18ClN3OS/c13-4-2-1-3-11(17)15-6-8-16(9-7-15)12-14-5-10-18-12/h5,10H,1-4,6-9H2. The third-order valence-electron chi connectivity index (χ3n) is 3.10. The van der Waals surface area contributed by atoms with Crippen molar-refractivity contribution in [2.45, 2.75) is 19.3 Å². The van der Waals surface area contributed by atoms with Gasteiger partial charge in [-0.2, -0.15) is 0 Å². The van der Waals surface area contributed by atoms with Crippen LogP contribution in [0.4, 0.5) is 5.13 Å². The van der Waals surface area contributed by atoms with Crippen molar-refractivity contribution in [3.8, 4) is 0 Å². The third-order valence-corrected chi connectivity index (χ3v) is 4.20. The first-order chi connectivity index (χ1) is 8.81. The summed E-state index contributed by atoms with van der Waals surface area (Å²) in [6.07, 6.45) is 4.27. The molecule has 1 amide bonds. The maximum atomic E-state index is 11.9. The van der Waals surface area contributed by atoms with E-state index in [-0.39, 0.29) is 5.91 Å². The summed E-state index contributed by atoms with van der Waals surface area (Å²) in [5.74, 6) is 0.907. The van der Waals surface area contributed by atoms with Crippen LogP contribution in [0.1, 0.15) is 19.3 Å². The van der Waals surface area contributed by atoms with Gasteiger partial charge in [0.05, 0.1) is 0 Å². The van der Waals surface area contributed by atoms with E-state index in [0.717, 1.165) is 44.2 Å². The molecule has 6 heteroatoms. The molecular weight excluding hydrogens is 270 g/mol. The Morgan fingerprint density at radius 3 is 2.72 bits per heavy atom. The predicted molar refractivity (Wildman–Crippen MR) is 75.5 cm³/mol. The van der Waals surface area contributed by atoms with Gasteiger partial charge in [-0.25, -0.2) is 4.98 Å². The van der Waals surface area contributed by atoms with E-state index in [0.29, 0.717) is 12.3 Å². The minimum Gasteiger partial charge on any atom is -0.345 e. The first-order valence-corrected chi connectivity index (χ1v) is 7.71. The van der Waals surface area contributed by atoms with Gasteiger partial charge in [0, 0.05) is 50.1 Å². The Morgan fingerprint density at radius 1 is 1.33 bits per heavy atom. The second-order valence-corrected chi connectivity index (χ2v) is 5.58. The number of halogens is 1. The molecule has 1 aliphatic heterocycles. The van der Waals surface area contributed by atoms with E-state index in [4.69, 9.17) is 11.6 Å². The molecule has 0 aromatic carbocycles. The van der Waals surface area contributed by atoms with E-state index in [1.807, 2.05) is 16.5 Å². The van der Waals surface area contributed by atoms with Crippen molar-refractivity contribution in [2.24, 2.45) is 0 Å². The fourth-order valence-electron chi connectivity index (χ4n) is 2.05. The Hall–Kier alpha value is -0.810. The summed E-state index contributed by atoms with van der Waals surface area (Å²) in [5.41, 5.74) is 0. The molecule has 1 aliphatic rings. The minimum absolute atomic E-state index is 0.263. The number of hydrogen-bond acceptors (Lipinski definition) is 4. The van der Waals surface area contributed by atoms with Crippen molar-refractivity contribution in [1.82, 2.24) is 9.88 Å². The van der Waals surface area contributed by atoms with Gasteiger partial charge >= 0.3 is 0 Å². The van der Waals surface area contributed by atoms with Crippen molar-refractivity contribution in [3.05, 3.63) is 11.6 Å². The molecule has 2 heterocycles. The van der Waals surface area contributed by atoms with Crippen LogP contribution in [-0.4, -0.2) is 47.9 Å². The summed E-state index contributed by atoms with van der Waals surface area (Å²) < 4.78 is 0. The molecule has 0 radical (unpaired) electrons. The zero-order valence-corrected chi connectivity index (χ0v) is 11.9. The summed E-state index contributed by atoms with van der Waals surface area (Å²) in [5, 5.41) is 3.04. The molecule has 0 N–H and O–H groups in total. The smallest absolute Gasteiger partial charge is 0.222 e. The number of aromatic nitrogens is 1. The van der Waals surface area contributed by atoms with E-state index >= 15 is 0 Å². The Labute approximate surface area is 117 Å². The number of nitrogens with zero attached hydrogens (tertiary/aromatic N) is 3. The number of rotatable bonds is 5. The van der Waals surface area contributed by atoms with Crippen molar-refractivity contribution >= 4 is 34.0 Å². The quantitative estimate of drug-likeness (QED) is 0.615. The van der Waals surface area contributed by atoms with E-state index in [2.05, 4.69) is 9.88 Å². The highest BCUT2D eigenvalue weighted by atomic mass is 35.5. The minimum atomic E-state index is 0.263. The van der Waals surface area contributed by atoms with Crippen LogP contribution in [0.25, 0.3) is 0 Å². The van der Waals surface area contributed by atoms with E-state index < -0.39 is 0 Å². The lowest BCUT2D eigenvalue weighted by Gasteiger charge is -2.34. The maximum Gasteiger partial charge on any atom is 0.222 e. The van der Waals surface area contributed by atoms with Crippen LogP contribution in [0.2, 0.25) is 0 Å². The average molecular weight is 288 g/mol. The Balaban J connectivity index is 1.74. The van der Waals surface area contributed by atoms with E-state index in [1.165, 1.54) is 0 Å². The lowest BCUT2D eigenvalue weighted by Crippen LogP contribution is -2.48. The molecular formula is C12H18ClN3OS. The molecule has 1 aromatic rings. The molecule has 0 atom stereocenters. The van der Waals surface area contributed by atoms with Gasteiger partial charge in [0.15, 0.2) is 5.13 Å². The van der Waals surface area contributed by atoms with Gasteiger partial charge in [0.1, 0.15) is 0 Å². The molecule has 100 valence electrons. The Morgan fingerprint density at radius 2 is 2.11 bits per heavy atom. The molecule has 0 bridgehead atoms. The predicted octanol–water partition coefficient (Wildman–Crippen LogP) is 2.20. The normalized spacial score (nSPS) is 16.1. The van der Waals surface area contributed by atoms with Crippen LogP contribution in [0, 0.1) is 0 Å². The Bertz CT molecular complexity index is 363. The molecule has 1 fully saturated rings. The number of thiazole rings is 1. The van der Waals surface area contributed by atoms with Crippen molar-refractivity contribution in [2.75, 3.05) is 37.0 Å². The van der Waals surface area contributed by atoms with Crippen LogP contribution in [-0.2, 0) is 4.79 Å². The number of unbranched alkanes of at least 4 members (excludes halogenated alkanes) is 1. The fourth-order valence-corrected chi connectivity index (χ4v) is 2.93. The third kappa shape index (κ3) is 3.59. The highest BCUT2D eigenvalue weighted by Crippen LogP contribution is 2.19. The fraction of sp³-hybridized carbons (Fsp3) is 0.667. The molecule has 0 saturated carbocycles. The van der Waals surface area contributed by atoms with Crippen LogP contribution in [0.5, 0.6) is 0 Å². The van der Waals surface area contributed by atoms with Crippen molar-refractivity contribution in [1.29, 1.82) is 0 Å². The number of carbonyl (C=O) groups is 1. The molecule has 1 saturated heterocycles. The molecule has 1 aromatic heterocycles. The molecule has 4 nitrogen and oxygen atoms in total. The number of carbonyl (C=O) groups excluding carboxylic acids is 1. The molecule has 0 spiro atoms. The first-order valence-electron chi connectivity index (χ1n) is 6.29.